The van der Waals surface area contributed by atoms with Gasteiger partial charge in [-0.1, -0.05) is 19.1 Å². The van der Waals surface area contributed by atoms with Crippen LogP contribution in [0.25, 0.3) is 0 Å². The number of ketones is 1. The van der Waals surface area contributed by atoms with E-state index in [2.05, 4.69) is 11.8 Å². The summed E-state index contributed by atoms with van der Waals surface area (Å²) in [5.41, 5.74) is 0.832. The third-order valence-electron chi connectivity index (χ3n) is 3.25. The number of halogens is 1. The predicted molar refractivity (Wildman–Crippen MR) is 67.0 cm³/mol. The van der Waals surface area contributed by atoms with Crippen molar-refractivity contribution >= 4 is 5.78 Å². The van der Waals surface area contributed by atoms with Gasteiger partial charge in [-0.3, -0.25) is 9.69 Å². The highest BCUT2D eigenvalue weighted by Crippen LogP contribution is 2.10. The van der Waals surface area contributed by atoms with Crippen molar-refractivity contribution in [1.29, 1.82) is 0 Å². The van der Waals surface area contributed by atoms with Gasteiger partial charge in [-0.2, -0.15) is 0 Å². The van der Waals surface area contributed by atoms with Gasteiger partial charge in [-0.25, -0.2) is 4.39 Å². The second kappa shape index (κ2) is 6.07. The number of carbonyl (C=O) groups is 1. The van der Waals surface area contributed by atoms with Crippen molar-refractivity contribution in [1.82, 2.24) is 4.90 Å². The second-order valence-electron chi connectivity index (χ2n) is 4.52. The molecule has 2 rings (SSSR count). The summed E-state index contributed by atoms with van der Waals surface area (Å²) in [7, 11) is 0. The quantitative estimate of drug-likeness (QED) is 0.815. The van der Waals surface area contributed by atoms with E-state index in [1.54, 1.807) is 12.1 Å². The van der Waals surface area contributed by atoms with Gasteiger partial charge >= 0.3 is 0 Å². The first kappa shape index (κ1) is 13.2. The molecule has 1 aromatic carbocycles. The van der Waals surface area contributed by atoms with Crippen molar-refractivity contribution in [3.63, 3.8) is 0 Å². The van der Waals surface area contributed by atoms with E-state index in [1.807, 2.05) is 0 Å². The minimum absolute atomic E-state index is 0.0692. The van der Waals surface area contributed by atoms with Crippen LogP contribution in [0.15, 0.2) is 24.3 Å². The van der Waals surface area contributed by atoms with E-state index >= 15 is 0 Å². The molecule has 0 saturated carbocycles. The number of hydrogen-bond donors (Lipinski definition) is 0. The molecule has 0 aliphatic carbocycles. The van der Waals surface area contributed by atoms with Crippen LogP contribution in [0.4, 0.5) is 4.39 Å². The Kier molecular flexibility index (Phi) is 4.44. The van der Waals surface area contributed by atoms with Crippen molar-refractivity contribution < 1.29 is 13.9 Å². The van der Waals surface area contributed by atoms with Crippen molar-refractivity contribution in [2.75, 3.05) is 26.2 Å². The highest BCUT2D eigenvalue weighted by molar-refractivity contribution is 5.85. The number of hydrogen-bond acceptors (Lipinski definition) is 3. The molecule has 1 fully saturated rings. The zero-order chi connectivity index (χ0) is 13.0. The Bertz CT molecular complexity index is 405. The zero-order valence-electron chi connectivity index (χ0n) is 10.6. The molecule has 1 atom stereocenters. The Labute approximate surface area is 107 Å². The third kappa shape index (κ3) is 3.37. The molecule has 1 aliphatic rings. The topological polar surface area (TPSA) is 29.5 Å². The normalized spacial score (nSPS) is 20.9. The Morgan fingerprint density at radius 3 is 2.83 bits per heavy atom. The molecule has 3 nitrogen and oxygen atoms in total. The maximum atomic E-state index is 12.8. The van der Waals surface area contributed by atoms with Gasteiger partial charge in [0, 0.05) is 19.5 Å². The summed E-state index contributed by atoms with van der Waals surface area (Å²) in [6, 6.07) is 6.05. The number of likely N-dealkylation sites (N-methyl/N-ethyl adjacent to an activating group) is 1. The summed E-state index contributed by atoms with van der Waals surface area (Å²) < 4.78 is 18.3. The Hall–Kier alpha value is -1.26. The standard InChI is InChI=1S/C14H18FNO2/c1-2-16-7-8-18-14(10-16)13(17)9-11-3-5-12(15)6-4-11/h3-6,14H,2,7-10H2,1H3. The molecule has 98 valence electrons. The summed E-state index contributed by atoms with van der Waals surface area (Å²) in [5.74, 6) is -0.211. The fourth-order valence-electron chi connectivity index (χ4n) is 2.10. The molecule has 0 bridgehead atoms. The highest BCUT2D eigenvalue weighted by atomic mass is 19.1. The number of benzene rings is 1. The van der Waals surface area contributed by atoms with Crippen molar-refractivity contribution in [3.05, 3.63) is 35.6 Å². The summed E-state index contributed by atoms with van der Waals surface area (Å²) >= 11 is 0. The lowest BCUT2D eigenvalue weighted by molar-refractivity contribution is -0.135. The third-order valence-corrected chi connectivity index (χ3v) is 3.25. The first-order valence-electron chi connectivity index (χ1n) is 6.30. The average molecular weight is 251 g/mol. The monoisotopic (exact) mass is 251 g/mol. The molecule has 1 heterocycles. The summed E-state index contributed by atoms with van der Waals surface area (Å²) in [5, 5.41) is 0. The van der Waals surface area contributed by atoms with Gasteiger partial charge in [0.05, 0.1) is 6.61 Å². The van der Waals surface area contributed by atoms with Crippen LogP contribution in [0.3, 0.4) is 0 Å². The Morgan fingerprint density at radius 1 is 1.44 bits per heavy atom. The van der Waals surface area contributed by atoms with Gasteiger partial charge in [0.1, 0.15) is 11.9 Å². The summed E-state index contributed by atoms with van der Waals surface area (Å²) in [4.78, 5) is 14.3. The van der Waals surface area contributed by atoms with Crippen LogP contribution >= 0.6 is 0 Å². The maximum absolute atomic E-state index is 12.8. The molecule has 1 unspecified atom stereocenters. The molecule has 1 aliphatic heterocycles. The molecule has 0 amide bonds. The number of nitrogens with zero attached hydrogens (tertiary/aromatic N) is 1. The van der Waals surface area contributed by atoms with Crippen molar-refractivity contribution in [2.24, 2.45) is 0 Å². The highest BCUT2D eigenvalue weighted by Gasteiger charge is 2.25. The van der Waals surface area contributed by atoms with E-state index in [-0.39, 0.29) is 17.7 Å². The first-order chi connectivity index (χ1) is 8.69. The van der Waals surface area contributed by atoms with Crippen molar-refractivity contribution in [2.45, 2.75) is 19.4 Å². The lowest BCUT2D eigenvalue weighted by Crippen LogP contribution is -2.46. The van der Waals surface area contributed by atoms with Crippen LogP contribution < -0.4 is 0 Å². The van der Waals surface area contributed by atoms with Gasteiger partial charge in [0.15, 0.2) is 5.78 Å². The van der Waals surface area contributed by atoms with E-state index in [9.17, 15) is 9.18 Å². The first-order valence-corrected chi connectivity index (χ1v) is 6.30. The average Bonchev–Trinajstić information content (AvgIpc) is 2.41. The SMILES string of the molecule is CCN1CCOC(C(=O)Cc2ccc(F)cc2)C1. The van der Waals surface area contributed by atoms with E-state index in [0.717, 1.165) is 18.7 Å². The molecular weight excluding hydrogens is 233 g/mol. The lowest BCUT2D eigenvalue weighted by Gasteiger charge is -2.31. The number of Topliss-reactive ketones (excluding diaryl/α,β-unsaturated/α-hetero) is 1. The van der Waals surface area contributed by atoms with Crippen LogP contribution in [0.1, 0.15) is 12.5 Å². The van der Waals surface area contributed by atoms with E-state index < -0.39 is 0 Å². The molecule has 18 heavy (non-hydrogen) atoms. The predicted octanol–water partition coefficient (Wildman–Crippen LogP) is 1.66. The molecule has 4 heteroatoms. The van der Waals surface area contributed by atoms with Gasteiger partial charge in [0.25, 0.3) is 0 Å². The molecule has 0 spiro atoms. The molecule has 0 radical (unpaired) electrons. The minimum atomic E-state index is -0.344. The molecule has 1 aromatic rings. The molecule has 0 aromatic heterocycles. The van der Waals surface area contributed by atoms with Crippen LogP contribution in [-0.2, 0) is 16.0 Å². The summed E-state index contributed by atoms with van der Waals surface area (Å²) in [6.45, 7) is 5.16. The van der Waals surface area contributed by atoms with Gasteiger partial charge in [-0.15, -0.1) is 0 Å². The van der Waals surface area contributed by atoms with Gasteiger partial charge < -0.3 is 4.74 Å². The molecular formula is C14H18FNO2. The maximum Gasteiger partial charge on any atom is 0.167 e. The number of carbonyl (C=O) groups excluding carboxylic acids is 1. The largest absolute Gasteiger partial charge is 0.368 e. The van der Waals surface area contributed by atoms with Crippen LogP contribution in [0, 0.1) is 5.82 Å². The number of ether oxygens (including phenoxy) is 1. The second-order valence-corrected chi connectivity index (χ2v) is 4.52. The van der Waals surface area contributed by atoms with Gasteiger partial charge in [0.2, 0.25) is 0 Å². The Morgan fingerprint density at radius 2 is 2.17 bits per heavy atom. The lowest BCUT2D eigenvalue weighted by atomic mass is 10.0. The minimum Gasteiger partial charge on any atom is -0.368 e. The van der Waals surface area contributed by atoms with E-state index in [1.165, 1.54) is 12.1 Å². The van der Waals surface area contributed by atoms with Crippen molar-refractivity contribution in [3.8, 4) is 0 Å². The van der Waals surface area contributed by atoms with Gasteiger partial charge in [-0.05, 0) is 24.2 Å². The Balaban J connectivity index is 1.93. The fraction of sp³-hybridized carbons (Fsp3) is 0.500. The van der Waals surface area contributed by atoms with Crippen LogP contribution in [0.5, 0.6) is 0 Å². The number of morpholine rings is 1. The van der Waals surface area contributed by atoms with Crippen LogP contribution in [-0.4, -0.2) is 43.0 Å². The smallest absolute Gasteiger partial charge is 0.167 e. The van der Waals surface area contributed by atoms with E-state index in [0.29, 0.717) is 19.6 Å². The summed E-state index contributed by atoms with van der Waals surface area (Å²) in [6.07, 6.45) is -0.0357. The van der Waals surface area contributed by atoms with E-state index in [4.69, 9.17) is 4.74 Å². The zero-order valence-corrected chi connectivity index (χ0v) is 10.6. The molecule has 0 N–H and O–H groups in total. The fourth-order valence-corrected chi connectivity index (χ4v) is 2.10. The molecule has 1 saturated heterocycles. The number of rotatable bonds is 4. The van der Waals surface area contributed by atoms with Crippen LogP contribution in [0.2, 0.25) is 0 Å².